The molecule has 0 aliphatic carbocycles. The quantitative estimate of drug-likeness (QED) is 0.689. The maximum absolute atomic E-state index is 10.4. The number of allylic oxidation sites excluding steroid dienone is 2. The molecule has 0 spiro atoms. The number of halogens is 1. The zero-order valence-electron chi connectivity index (χ0n) is 9.02. The van der Waals surface area contributed by atoms with Gasteiger partial charge in [-0.25, -0.2) is 0 Å². The summed E-state index contributed by atoms with van der Waals surface area (Å²) < 4.78 is 40.8. The first-order valence-electron chi connectivity index (χ1n) is 4.82. The molecule has 96 valence electrons. The number of para-hydroxylation sites is 1. The third-order valence-electron chi connectivity index (χ3n) is 1.86. The normalized spacial score (nSPS) is 19.1. The molecule has 7 heteroatoms. The Hall–Kier alpha value is -1.15. The lowest BCUT2D eigenvalue weighted by molar-refractivity contribution is -1.91. The minimum atomic E-state index is -4.42. The molecule has 18 heavy (non-hydrogen) atoms. The van der Waals surface area contributed by atoms with Crippen LogP contribution in [0.1, 0.15) is 0 Å². The van der Waals surface area contributed by atoms with Gasteiger partial charge in [0.1, 0.15) is 26.0 Å². The van der Waals surface area contributed by atoms with E-state index >= 15 is 0 Å². The number of hydrogen-bond acceptors (Lipinski definition) is 5. The van der Waals surface area contributed by atoms with Crippen molar-refractivity contribution in [3.63, 3.8) is 0 Å². The van der Waals surface area contributed by atoms with E-state index in [9.17, 15) is 14.0 Å². The zero-order chi connectivity index (χ0) is 13.0. The highest BCUT2D eigenvalue weighted by Gasteiger charge is 2.20. The second kappa shape index (κ2) is 5.66. The Balaban J connectivity index is 2.01. The summed E-state index contributed by atoms with van der Waals surface area (Å²) in [6, 6.07) is 9.12. The monoisotopic (exact) mass is 288 g/mol. The average molecular weight is 289 g/mol. The molecule has 1 heterocycles. The van der Waals surface area contributed by atoms with E-state index in [1.54, 1.807) is 24.3 Å². The third-order valence-corrected chi connectivity index (χ3v) is 3.87. The number of benzene rings is 1. The van der Waals surface area contributed by atoms with Crippen LogP contribution in [-0.4, -0.2) is 5.37 Å². The fourth-order valence-corrected chi connectivity index (χ4v) is 2.87. The summed E-state index contributed by atoms with van der Waals surface area (Å²) in [5.41, 5.74) is 0. The Morgan fingerprint density at radius 3 is 2.33 bits per heavy atom. The molecule has 1 aliphatic rings. The molecule has 1 aromatic rings. The van der Waals surface area contributed by atoms with Crippen LogP contribution in [0, 0.1) is 10.2 Å². The Morgan fingerprint density at radius 1 is 1.06 bits per heavy atom. The summed E-state index contributed by atoms with van der Waals surface area (Å²) in [4.78, 5) is 0. The lowest BCUT2D eigenvalue weighted by atomic mass is 10.3. The maximum atomic E-state index is 10.4. The van der Waals surface area contributed by atoms with Gasteiger partial charge >= 0.3 is 0 Å². The fourth-order valence-electron chi connectivity index (χ4n) is 1.19. The van der Waals surface area contributed by atoms with Gasteiger partial charge in [-0.05, 0) is 24.3 Å². The molecule has 0 N–H and O–H groups in total. The molecule has 1 aliphatic heterocycles. The molecular weight excluding hydrogens is 280 g/mol. The fraction of sp³-hybridized carbons (Fsp3) is 0. The summed E-state index contributed by atoms with van der Waals surface area (Å²) in [5, 5.41) is 2.89. The van der Waals surface area contributed by atoms with Crippen LogP contribution in [0.4, 0.5) is 0 Å². The van der Waals surface area contributed by atoms with Gasteiger partial charge in [-0.15, -0.1) is 0 Å². The molecule has 1 unspecified atom stereocenters. The van der Waals surface area contributed by atoms with E-state index in [2.05, 4.69) is 3.74 Å². The first kappa shape index (κ1) is 13.3. The second-order valence-corrected chi connectivity index (χ2v) is 5.65. The largest absolute Gasteiger partial charge is 0.457 e. The number of rotatable bonds is 4. The van der Waals surface area contributed by atoms with E-state index in [1.807, 2.05) is 18.2 Å². The Kier molecular flexibility index (Phi) is 4.18. The van der Waals surface area contributed by atoms with Gasteiger partial charge in [0.05, 0.1) is 10.2 Å². The predicted octanol–water partition coefficient (Wildman–Crippen LogP) is -0.623. The minimum Gasteiger partial charge on any atom is -0.457 e. The summed E-state index contributed by atoms with van der Waals surface area (Å²) in [6.45, 7) is 0. The van der Waals surface area contributed by atoms with Crippen molar-refractivity contribution in [2.24, 2.45) is 0 Å². The topological polar surface area (TPSA) is 87.6 Å². The highest BCUT2D eigenvalue weighted by atomic mass is 35.7. The summed E-state index contributed by atoms with van der Waals surface area (Å²) >= 11 is 0. The molecule has 5 nitrogen and oxygen atoms in total. The number of hydrogen-bond donors (Lipinski definition) is 0. The average Bonchev–Trinajstić information content (AvgIpc) is 2.31. The Morgan fingerprint density at radius 2 is 1.78 bits per heavy atom. The van der Waals surface area contributed by atoms with Crippen molar-refractivity contribution in [1.82, 2.24) is 0 Å². The molecule has 0 saturated carbocycles. The molecule has 0 saturated heterocycles. The van der Waals surface area contributed by atoms with Crippen LogP contribution in [0.15, 0.2) is 53.7 Å². The third kappa shape index (κ3) is 4.26. The molecule has 0 fully saturated rings. The Labute approximate surface area is 108 Å². The first-order valence-corrected chi connectivity index (χ1v) is 7.33. The SMILES string of the molecule is [O-][Cl+3]([O-])([O-])OS1=CC=C(Oc2ccccc2)C=C1. The molecule has 0 amide bonds. The van der Waals surface area contributed by atoms with E-state index in [4.69, 9.17) is 4.74 Å². The molecule has 0 bridgehead atoms. The van der Waals surface area contributed by atoms with Crippen molar-refractivity contribution in [3.05, 3.63) is 53.7 Å². The highest BCUT2D eigenvalue weighted by molar-refractivity contribution is 8.13. The minimum absolute atomic E-state index is 0.536. The summed E-state index contributed by atoms with van der Waals surface area (Å²) in [5.74, 6) is 1.20. The van der Waals surface area contributed by atoms with E-state index < -0.39 is 21.0 Å². The molecular formula is C11H9ClO5S. The standard InChI is InChI=1S/C11H9ClO5S/c13-12(14,15)17-18-8-6-11(7-9-18)16-10-4-2-1-3-5-10/h1-9H. The number of ether oxygens (including phenoxy) is 1. The zero-order valence-corrected chi connectivity index (χ0v) is 10.6. The summed E-state index contributed by atoms with van der Waals surface area (Å²) in [6.07, 6.45) is 3.10. The van der Waals surface area contributed by atoms with Gasteiger partial charge < -0.3 is 4.74 Å². The van der Waals surface area contributed by atoms with E-state index in [1.165, 1.54) is 10.8 Å². The van der Waals surface area contributed by atoms with E-state index in [0.717, 1.165) is 0 Å². The second-order valence-electron chi connectivity index (χ2n) is 3.19. The van der Waals surface area contributed by atoms with Gasteiger partial charge in [0.25, 0.3) is 0 Å². The first-order chi connectivity index (χ1) is 8.53. The lowest BCUT2D eigenvalue weighted by Crippen LogP contribution is -2.60. The smallest absolute Gasteiger partial charge is 0.140 e. The van der Waals surface area contributed by atoms with Crippen LogP contribution in [0.3, 0.4) is 0 Å². The van der Waals surface area contributed by atoms with Crippen molar-refractivity contribution in [1.29, 1.82) is 0 Å². The van der Waals surface area contributed by atoms with Crippen LogP contribution < -0.4 is 18.7 Å². The van der Waals surface area contributed by atoms with Gasteiger partial charge in [0.15, 0.2) is 0 Å². The highest BCUT2D eigenvalue weighted by Crippen LogP contribution is 2.24. The lowest BCUT2D eigenvalue weighted by Gasteiger charge is -2.13. The molecule has 0 aromatic heterocycles. The molecule has 2 rings (SSSR count). The molecule has 1 aromatic carbocycles. The van der Waals surface area contributed by atoms with Gasteiger partial charge in [-0.1, -0.05) is 18.2 Å². The van der Waals surface area contributed by atoms with Crippen molar-refractivity contribution >= 4 is 16.1 Å². The predicted molar refractivity (Wildman–Crippen MR) is 59.0 cm³/mol. The van der Waals surface area contributed by atoms with E-state index in [0.29, 0.717) is 11.5 Å². The van der Waals surface area contributed by atoms with Gasteiger partial charge in [-0.3, -0.25) is 0 Å². The van der Waals surface area contributed by atoms with Gasteiger partial charge in [0.2, 0.25) is 0 Å². The van der Waals surface area contributed by atoms with E-state index in [-0.39, 0.29) is 0 Å². The van der Waals surface area contributed by atoms with Crippen molar-refractivity contribution in [2.45, 2.75) is 0 Å². The van der Waals surface area contributed by atoms with Crippen molar-refractivity contribution in [2.75, 3.05) is 0 Å². The molecule has 0 radical (unpaired) electrons. The summed E-state index contributed by atoms with van der Waals surface area (Å²) in [7, 11) is -5.59. The Bertz CT molecular complexity index is 504. The maximum Gasteiger partial charge on any atom is 0.140 e. The molecule has 1 atom stereocenters. The van der Waals surface area contributed by atoms with Crippen molar-refractivity contribution in [3.8, 4) is 5.75 Å². The van der Waals surface area contributed by atoms with Crippen LogP contribution in [0.5, 0.6) is 5.75 Å². The van der Waals surface area contributed by atoms with Crippen LogP contribution in [0.2, 0.25) is 0 Å². The van der Waals surface area contributed by atoms with Crippen LogP contribution >= 0.6 is 10.8 Å². The van der Waals surface area contributed by atoms with Gasteiger partial charge in [-0.2, -0.15) is 14.0 Å². The van der Waals surface area contributed by atoms with Crippen LogP contribution in [-0.2, 0) is 3.74 Å². The van der Waals surface area contributed by atoms with Crippen LogP contribution in [0.25, 0.3) is 0 Å². The van der Waals surface area contributed by atoms with Crippen molar-refractivity contribution < 1.29 is 32.7 Å². The van der Waals surface area contributed by atoms with Gasteiger partial charge in [0, 0.05) is 10.8 Å².